The van der Waals surface area contributed by atoms with E-state index in [4.69, 9.17) is 0 Å². The minimum Gasteiger partial charge on any atom is -0.309 e. The van der Waals surface area contributed by atoms with Crippen LogP contribution in [0, 0.1) is 0 Å². The van der Waals surface area contributed by atoms with Crippen molar-refractivity contribution in [2.45, 2.75) is 0 Å². The highest BCUT2D eigenvalue weighted by Gasteiger charge is 2.25. The van der Waals surface area contributed by atoms with Gasteiger partial charge in [0.15, 0.2) is 0 Å². The molecule has 0 saturated carbocycles. The molecule has 0 N–H and O–H groups in total. The van der Waals surface area contributed by atoms with Gasteiger partial charge in [0.1, 0.15) is 0 Å². The maximum Gasteiger partial charge on any atom is 0.0619 e. The van der Waals surface area contributed by atoms with Crippen LogP contribution in [-0.4, -0.2) is 0 Å². The summed E-state index contributed by atoms with van der Waals surface area (Å²) in [6.07, 6.45) is 4.45. The molecule has 2 heteroatoms. The average molecular weight is 967 g/mol. The molecule has 0 aliphatic carbocycles. The number of benzene rings is 14. The van der Waals surface area contributed by atoms with Crippen LogP contribution in [0.1, 0.15) is 11.1 Å². The summed E-state index contributed by atoms with van der Waals surface area (Å²) in [5.74, 6) is 0. The number of hydrogen-bond donors (Lipinski definition) is 0. The fourth-order valence-corrected chi connectivity index (χ4v) is 11.8. The Morgan fingerprint density at radius 2 is 0.487 bits per heavy atom. The molecule has 76 heavy (non-hydrogen) atoms. The van der Waals surface area contributed by atoms with Gasteiger partial charge >= 0.3 is 0 Å². The molecular weight excluding hydrogens is 917 g/mol. The highest BCUT2D eigenvalue weighted by atomic mass is 15.2. The number of rotatable bonds is 10. The van der Waals surface area contributed by atoms with Crippen molar-refractivity contribution in [3.63, 3.8) is 0 Å². The largest absolute Gasteiger partial charge is 0.309 e. The van der Waals surface area contributed by atoms with Crippen molar-refractivity contribution in [3.8, 4) is 22.3 Å². The van der Waals surface area contributed by atoms with Gasteiger partial charge in [-0.15, -0.1) is 0 Å². The quantitative estimate of drug-likeness (QED) is 0.0995. The molecule has 356 valence electrons. The molecule has 14 aromatic carbocycles. The fraction of sp³-hybridized carbons (Fsp3) is 0. The molecule has 0 aliphatic heterocycles. The van der Waals surface area contributed by atoms with Gasteiger partial charge < -0.3 is 9.80 Å². The summed E-state index contributed by atoms with van der Waals surface area (Å²) >= 11 is 0. The van der Waals surface area contributed by atoms with Crippen LogP contribution in [0.2, 0.25) is 0 Å². The van der Waals surface area contributed by atoms with Crippen molar-refractivity contribution >= 4 is 111 Å². The van der Waals surface area contributed by atoms with E-state index in [1.165, 1.54) is 98.3 Å². The molecule has 0 atom stereocenters. The maximum atomic E-state index is 2.46. The zero-order chi connectivity index (χ0) is 50.4. The van der Waals surface area contributed by atoms with E-state index in [-0.39, 0.29) is 0 Å². The predicted molar refractivity (Wildman–Crippen MR) is 327 cm³/mol. The first-order valence-corrected chi connectivity index (χ1v) is 26.2. The van der Waals surface area contributed by atoms with Gasteiger partial charge in [-0.2, -0.15) is 0 Å². The highest BCUT2D eigenvalue weighted by Crippen LogP contribution is 2.51. The topological polar surface area (TPSA) is 6.48 Å². The molecule has 0 aromatic heterocycles. The molecule has 14 aromatic rings. The van der Waals surface area contributed by atoms with Crippen molar-refractivity contribution < 1.29 is 0 Å². The minimum atomic E-state index is 1.12. The number of hydrogen-bond acceptors (Lipinski definition) is 2. The minimum absolute atomic E-state index is 1.12. The molecule has 0 aliphatic rings. The smallest absolute Gasteiger partial charge is 0.0619 e. The molecule has 0 heterocycles. The Kier molecular flexibility index (Phi) is 11.2. The molecule has 2 nitrogen and oxygen atoms in total. The van der Waals surface area contributed by atoms with E-state index < -0.39 is 0 Å². The lowest BCUT2D eigenvalue weighted by Gasteiger charge is -2.30. The average Bonchev–Trinajstić information content (AvgIpc) is 3.60. The number of fused-ring (bicyclic) bond motifs is 6. The molecular formula is C74H50N2. The lowest BCUT2D eigenvalue weighted by atomic mass is 9.89. The predicted octanol–water partition coefficient (Wildman–Crippen LogP) is 21.0. The summed E-state index contributed by atoms with van der Waals surface area (Å²) in [5, 5.41) is 14.5. The van der Waals surface area contributed by atoms with Gasteiger partial charge in [-0.3, -0.25) is 0 Å². The summed E-state index contributed by atoms with van der Waals surface area (Å²) in [7, 11) is 0. The van der Waals surface area contributed by atoms with Gasteiger partial charge in [-0.1, -0.05) is 267 Å². The Balaban J connectivity index is 0.824. The van der Waals surface area contributed by atoms with E-state index in [1.54, 1.807) is 0 Å². The van der Waals surface area contributed by atoms with Crippen molar-refractivity contribution in [3.05, 3.63) is 302 Å². The van der Waals surface area contributed by atoms with Gasteiger partial charge in [0.2, 0.25) is 0 Å². The fourth-order valence-electron chi connectivity index (χ4n) is 11.8. The molecule has 0 unspecified atom stereocenters. The van der Waals surface area contributed by atoms with Gasteiger partial charge in [0, 0.05) is 43.7 Å². The van der Waals surface area contributed by atoms with Crippen LogP contribution in [0.3, 0.4) is 0 Å². The molecule has 0 radical (unpaired) electrons. The molecule has 0 fully saturated rings. The lowest BCUT2D eigenvalue weighted by Crippen LogP contribution is -2.12. The van der Waals surface area contributed by atoms with Crippen LogP contribution in [0.4, 0.5) is 34.1 Å². The van der Waals surface area contributed by atoms with E-state index >= 15 is 0 Å². The summed E-state index contributed by atoms with van der Waals surface area (Å²) in [6, 6.07) is 106. The first-order valence-electron chi connectivity index (χ1n) is 26.2. The monoisotopic (exact) mass is 966 g/mol. The van der Waals surface area contributed by atoms with Crippen LogP contribution in [0.15, 0.2) is 291 Å². The second-order valence-electron chi connectivity index (χ2n) is 19.5. The summed E-state index contributed by atoms with van der Waals surface area (Å²) in [5.41, 5.74) is 14.0. The van der Waals surface area contributed by atoms with E-state index in [9.17, 15) is 0 Å². The lowest BCUT2D eigenvalue weighted by molar-refractivity contribution is 1.33. The highest BCUT2D eigenvalue weighted by molar-refractivity contribution is 6.25. The number of anilines is 6. The third kappa shape index (κ3) is 7.75. The van der Waals surface area contributed by atoms with Crippen LogP contribution in [-0.2, 0) is 0 Å². The van der Waals surface area contributed by atoms with Crippen molar-refractivity contribution in [1.82, 2.24) is 0 Å². The Labute approximate surface area is 442 Å². The Morgan fingerprint density at radius 3 is 0.829 bits per heavy atom. The number of nitrogens with zero attached hydrogens (tertiary/aromatic N) is 2. The third-order valence-electron chi connectivity index (χ3n) is 15.2. The second-order valence-corrected chi connectivity index (χ2v) is 19.5. The Bertz CT molecular complexity index is 4090. The van der Waals surface area contributed by atoms with E-state index in [1.807, 2.05) is 0 Å². The van der Waals surface area contributed by atoms with Crippen molar-refractivity contribution in [2.75, 3.05) is 9.80 Å². The molecule has 0 saturated heterocycles. The SMILES string of the molecule is C(=C\c1ccc(-c2c3ccccc3c(N(c3ccccc3)c3cccc4ccccc34)c3ccccc23)cc1)/c1ccc(-c2c3ccccc3c(N(c3ccccc3)c3cccc4ccccc34)c3ccccc23)cc1. The Morgan fingerprint density at radius 1 is 0.211 bits per heavy atom. The third-order valence-corrected chi connectivity index (χ3v) is 15.2. The summed E-state index contributed by atoms with van der Waals surface area (Å²) in [4.78, 5) is 4.93. The normalized spacial score (nSPS) is 11.6. The zero-order valence-corrected chi connectivity index (χ0v) is 41.8. The van der Waals surface area contributed by atoms with Gasteiger partial charge in [0.05, 0.1) is 22.7 Å². The van der Waals surface area contributed by atoms with E-state index in [2.05, 4.69) is 313 Å². The standard InChI is InChI=1S/C74H50N2/c1-3-25-57(26-4-1)75(69-39-19-23-53-21-7-9-29-59(53)69)73-65-35-15-11-31-61(65)71(62-32-12-16-36-66(62)73)55-47-43-51(44-48-55)41-42-52-45-49-56(50-46-52)72-63-33-13-17-37-67(63)74(68-38-18-14-34-64(68)72)76(58-27-5-2-6-28-58)70-40-20-24-54-22-8-10-30-60(54)70/h1-50H/b42-41+. The Hall–Kier alpha value is -10.0. The molecule has 0 spiro atoms. The van der Waals surface area contributed by atoms with Crippen LogP contribution in [0.5, 0.6) is 0 Å². The molecule has 0 amide bonds. The maximum absolute atomic E-state index is 2.46. The van der Waals surface area contributed by atoms with Gasteiger partial charge in [-0.25, -0.2) is 0 Å². The van der Waals surface area contributed by atoms with Crippen LogP contribution < -0.4 is 9.80 Å². The van der Waals surface area contributed by atoms with E-state index in [0.29, 0.717) is 0 Å². The van der Waals surface area contributed by atoms with Gasteiger partial charge in [-0.05, 0) is 102 Å². The second kappa shape index (κ2) is 19.1. The molecule has 14 rings (SSSR count). The van der Waals surface area contributed by atoms with Crippen LogP contribution >= 0.6 is 0 Å². The van der Waals surface area contributed by atoms with E-state index in [0.717, 1.165) is 33.9 Å². The van der Waals surface area contributed by atoms with Crippen molar-refractivity contribution in [1.29, 1.82) is 0 Å². The first-order chi connectivity index (χ1) is 37.7. The van der Waals surface area contributed by atoms with Gasteiger partial charge in [0.25, 0.3) is 0 Å². The molecule has 0 bridgehead atoms. The van der Waals surface area contributed by atoms with Crippen molar-refractivity contribution in [2.24, 2.45) is 0 Å². The summed E-state index contributed by atoms with van der Waals surface area (Å²) < 4.78 is 0. The first kappa shape index (κ1) is 44.7. The zero-order valence-electron chi connectivity index (χ0n) is 41.8. The summed E-state index contributed by atoms with van der Waals surface area (Å²) in [6.45, 7) is 0. The number of para-hydroxylation sites is 2. The van der Waals surface area contributed by atoms with Crippen LogP contribution in [0.25, 0.3) is 99.0 Å².